The number of carbonyl (C=O) groups excluding carboxylic acids is 2. The van der Waals surface area contributed by atoms with Gasteiger partial charge in [0.1, 0.15) is 5.75 Å². The van der Waals surface area contributed by atoms with E-state index in [2.05, 4.69) is 10.3 Å². The van der Waals surface area contributed by atoms with Crippen LogP contribution in [0.2, 0.25) is 0 Å². The van der Waals surface area contributed by atoms with Gasteiger partial charge >= 0.3 is 0 Å². The first kappa shape index (κ1) is 15.3. The molecule has 4 rings (SSSR count). The van der Waals surface area contributed by atoms with Crippen LogP contribution in [0.1, 0.15) is 5.56 Å². The Morgan fingerprint density at radius 2 is 1.76 bits per heavy atom. The van der Waals surface area contributed by atoms with E-state index in [0.717, 1.165) is 5.56 Å². The summed E-state index contributed by atoms with van der Waals surface area (Å²) in [5, 5.41) is 9.56. The first-order valence-corrected chi connectivity index (χ1v) is 7.88. The van der Waals surface area contributed by atoms with E-state index in [4.69, 9.17) is 4.74 Å². The van der Waals surface area contributed by atoms with Crippen molar-refractivity contribution in [2.45, 2.75) is 19.0 Å². The summed E-state index contributed by atoms with van der Waals surface area (Å²) in [5.74, 6) is -0.0389. The third-order valence-electron chi connectivity index (χ3n) is 4.39. The number of amides is 2. The molecular weight excluding hydrogens is 320 g/mol. The topological polar surface area (TPSA) is 74.6 Å². The summed E-state index contributed by atoms with van der Waals surface area (Å²) in [5.41, 5.74) is 2.26. The molecule has 2 amide bonds. The van der Waals surface area contributed by atoms with Gasteiger partial charge in [-0.3, -0.25) is 9.59 Å². The quantitative estimate of drug-likeness (QED) is 0.807. The average molecular weight is 336 g/mol. The first-order chi connectivity index (χ1) is 12.1. The lowest BCUT2D eigenvalue weighted by Gasteiger charge is -2.21. The molecule has 0 radical (unpaired) electrons. The van der Waals surface area contributed by atoms with E-state index in [1.165, 1.54) is 9.91 Å². The molecule has 0 N–H and O–H groups in total. The van der Waals surface area contributed by atoms with Gasteiger partial charge in [-0.15, -0.1) is 0 Å². The number of benzene rings is 2. The van der Waals surface area contributed by atoms with Gasteiger partial charge in [0.25, 0.3) is 11.8 Å². The largest absolute Gasteiger partial charge is 0.497 e. The molecular formula is C18H16N4O3. The monoisotopic (exact) mass is 336 g/mol. The van der Waals surface area contributed by atoms with E-state index < -0.39 is 12.1 Å². The number of fused-ring (bicyclic) bond motifs is 1. The Hall–Kier alpha value is -3.22. The Morgan fingerprint density at radius 3 is 2.48 bits per heavy atom. The fourth-order valence-corrected chi connectivity index (χ4v) is 3.07. The van der Waals surface area contributed by atoms with Crippen molar-refractivity contribution < 1.29 is 14.3 Å². The predicted molar refractivity (Wildman–Crippen MR) is 91.6 cm³/mol. The number of hydrogen-bond acceptors (Lipinski definition) is 6. The fraction of sp³-hybridized carbons (Fsp3) is 0.222. The average Bonchev–Trinajstić information content (AvgIpc) is 3.17. The zero-order valence-corrected chi connectivity index (χ0v) is 13.8. The molecule has 0 aliphatic carbocycles. The normalized spacial score (nSPS) is 21.8. The third-order valence-corrected chi connectivity index (χ3v) is 4.39. The molecule has 7 nitrogen and oxygen atoms in total. The van der Waals surface area contributed by atoms with Crippen molar-refractivity contribution in [3.63, 3.8) is 0 Å². The maximum Gasteiger partial charge on any atom is 0.263 e. The van der Waals surface area contributed by atoms with Crippen molar-refractivity contribution in [1.82, 2.24) is 0 Å². The van der Waals surface area contributed by atoms with Crippen LogP contribution in [0.4, 0.5) is 11.4 Å². The van der Waals surface area contributed by atoms with Crippen molar-refractivity contribution in [3.8, 4) is 5.75 Å². The van der Waals surface area contributed by atoms with Crippen molar-refractivity contribution >= 4 is 23.2 Å². The lowest BCUT2D eigenvalue weighted by Crippen LogP contribution is -2.39. The standard InChI is InChI=1S/C18H16N4O3/c1-11-6-8-12(9-7-11)21-17(23)15-16(18(21)24)22(20-19-15)13-4-3-5-14(10-13)25-2/h3-10,15-16H,1-2H3/t15-,16-/m0/s1. The number of anilines is 2. The molecule has 0 aromatic heterocycles. The van der Waals surface area contributed by atoms with Crippen molar-refractivity contribution in [2.75, 3.05) is 17.0 Å². The third kappa shape index (κ3) is 2.36. The minimum absolute atomic E-state index is 0.327. The molecule has 2 heterocycles. The van der Waals surface area contributed by atoms with Crippen LogP contribution in [0.25, 0.3) is 0 Å². The smallest absolute Gasteiger partial charge is 0.263 e. The van der Waals surface area contributed by atoms with Crippen LogP contribution in [0.5, 0.6) is 5.75 Å². The van der Waals surface area contributed by atoms with Crippen molar-refractivity contribution in [2.24, 2.45) is 10.3 Å². The van der Waals surface area contributed by atoms with Gasteiger partial charge in [-0.25, -0.2) is 9.91 Å². The maximum atomic E-state index is 12.9. The Morgan fingerprint density at radius 1 is 1.00 bits per heavy atom. The van der Waals surface area contributed by atoms with Crippen LogP contribution in [0.3, 0.4) is 0 Å². The van der Waals surface area contributed by atoms with Gasteiger partial charge in [-0.05, 0) is 31.2 Å². The molecule has 126 valence electrons. The molecule has 2 aliphatic rings. The molecule has 0 spiro atoms. The van der Waals surface area contributed by atoms with Crippen molar-refractivity contribution in [1.29, 1.82) is 0 Å². The highest BCUT2D eigenvalue weighted by molar-refractivity contribution is 6.26. The SMILES string of the molecule is COc1cccc(N2N=N[C@@H]3C(=O)N(c4ccc(C)cc4)C(=O)[C@H]32)c1. The first-order valence-electron chi connectivity index (χ1n) is 7.88. The molecule has 7 heteroatoms. The summed E-state index contributed by atoms with van der Waals surface area (Å²) in [6, 6.07) is 12.8. The number of carbonyl (C=O) groups is 2. The number of hydrogen-bond donors (Lipinski definition) is 0. The van der Waals surface area contributed by atoms with E-state index in [-0.39, 0.29) is 11.8 Å². The molecule has 2 aromatic carbocycles. The number of methoxy groups -OCH3 is 1. The summed E-state index contributed by atoms with van der Waals surface area (Å²) in [6.07, 6.45) is 0. The van der Waals surface area contributed by atoms with Crippen LogP contribution in [-0.4, -0.2) is 31.0 Å². The Labute approximate surface area is 144 Å². The number of ether oxygens (including phenoxy) is 1. The second kappa shape index (κ2) is 5.70. The Balaban J connectivity index is 1.69. The second-order valence-corrected chi connectivity index (χ2v) is 5.99. The Kier molecular flexibility index (Phi) is 3.49. The summed E-state index contributed by atoms with van der Waals surface area (Å²) < 4.78 is 5.21. The van der Waals surface area contributed by atoms with Crippen LogP contribution < -0.4 is 14.6 Å². The molecule has 2 aromatic rings. The summed E-state index contributed by atoms with van der Waals surface area (Å²) in [6.45, 7) is 1.95. The van der Waals surface area contributed by atoms with E-state index in [9.17, 15) is 9.59 Å². The minimum Gasteiger partial charge on any atom is -0.497 e. The van der Waals surface area contributed by atoms with Crippen LogP contribution >= 0.6 is 0 Å². The zero-order chi connectivity index (χ0) is 17.6. The molecule has 25 heavy (non-hydrogen) atoms. The van der Waals surface area contributed by atoms with Gasteiger partial charge in [0.05, 0.1) is 18.5 Å². The van der Waals surface area contributed by atoms with Crippen LogP contribution in [-0.2, 0) is 9.59 Å². The number of nitrogens with zero attached hydrogens (tertiary/aromatic N) is 4. The second-order valence-electron chi connectivity index (χ2n) is 5.99. The highest BCUT2D eigenvalue weighted by Crippen LogP contribution is 2.35. The van der Waals surface area contributed by atoms with Gasteiger partial charge in [-0.1, -0.05) is 29.0 Å². The minimum atomic E-state index is -0.819. The van der Waals surface area contributed by atoms with Crippen LogP contribution in [0.15, 0.2) is 58.9 Å². The molecule has 2 atom stereocenters. The molecule has 2 aliphatic heterocycles. The van der Waals surface area contributed by atoms with Crippen LogP contribution in [0, 0.1) is 6.92 Å². The van der Waals surface area contributed by atoms with E-state index in [1.807, 2.05) is 19.1 Å². The molecule has 1 fully saturated rings. The highest BCUT2D eigenvalue weighted by atomic mass is 16.5. The zero-order valence-electron chi connectivity index (χ0n) is 13.8. The van der Waals surface area contributed by atoms with E-state index in [1.54, 1.807) is 43.5 Å². The Bertz CT molecular complexity index is 878. The van der Waals surface area contributed by atoms with Gasteiger partial charge in [0.2, 0.25) is 0 Å². The highest BCUT2D eigenvalue weighted by Gasteiger charge is 2.55. The lowest BCUT2D eigenvalue weighted by molar-refractivity contribution is -0.121. The van der Waals surface area contributed by atoms with Gasteiger partial charge in [-0.2, -0.15) is 5.11 Å². The van der Waals surface area contributed by atoms with Gasteiger partial charge in [0.15, 0.2) is 12.1 Å². The molecule has 0 saturated carbocycles. The molecule has 0 unspecified atom stereocenters. The van der Waals surface area contributed by atoms with E-state index in [0.29, 0.717) is 17.1 Å². The fourth-order valence-electron chi connectivity index (χ4n) is 3.07. The van der Waals surface area contributed by atoms with E-state index >= 15 is 0 Å². The van der Waals surface area contributed by atoms with Gasteiger partial charge in [0, 0.05) is 6.07 Å². The number of aryl methyl sites for hydroxylation is 1. The number of rotatable bonds is 3. The lowest BCUT2D eigenvalue weighted by atomic mass is 10.1. The summed E-state index contributed by atoms with van der Waals surface area (Å²) >= 11 is 0. The number of imide groups is 1. The van der Waals surface area contributed by atoms with Gasteiger partial charge < -0.3 is 4.74 Å². The summed E-state index contributed by atoms with van der Waals surface area (Å²) in [4.78, 5) is 26.8. The molecule has 1 saturated heterocycles. The maximum absolute atomic E-state index is 12.9. The predicted octanol–water partition coefficient (Wildman–Crippen LogP) is 2.50. The van der Waals surface area contributed by atoms with Crippen molar-refractivity contribution in [3.05, 3.63) is 54.1 Å². The molecule has 0 bridgehead atoms. The summed E-state index contributed by atoms with van der Waals surface area (Å²) in [7, 11) is 1.57.